The predicted molar refractivity (Wildman–Crippen MR) is 98.4 cm³/mol. The van der Waals surface area contributed by atoms with E-state index < -0.39 is 11.7 Å². The molecule has 0 spiro atoms. The van der Waals surface area contributed by atoms with Gasteiger partial charge in [-0.25, -0.2) is 4.39 Å². The first kappa shape index (κ1) is 18.7. The molecule has 7 heteroatoms. The summed E-state index contributed by atoms with van der Waals surface area (Å²) in [5.74, 6) is -0.235. The van der Waals surface area contributed by atoms with Gasteiger partial charge in [0.2, 0.25) is 5.91 Å². The van der Waals surface area contributed by atoms with Crippen molar-refractivity contribution in [3.63, 3.8) is 0 Å². The molecule has 0 bridgehead atoms. The van der Waals surface area contributed by atoms with E-state index in [-0.39, 0.29) is 30.7 Å². The quantitative estimate of drug-likeness (QED) is 0.811. The monoisotopic (exact) mass is 372 g/mol. The van der Waals surface area contributed by atoms with E-state index in [1.165, 1.54) is 12.1 Å². The normalized spacial score (nSPS) is 16.3. The van der Waals surface area contributed by atoms with Gasteiger partial charge in [-0.05, 0) is 43.3 Å². The Labute approximate surface area is 156 Å². The number of amides is 2. The van der Waals surface area contributed by atoms with E-state index in [4.69, 9.17) is 9.47 Å². The largest absolute Gasteiger partial charge is 0.494 e. The summed E-state index contributed by atoms with van der Waals surface area (Å²) in [6.45, 7) is 2.54. The minimum absolute atomic E-state index is 0.0196. The molecule has 1 heterocycles. The lowest BCUT2D eigenvalue weighted by Crippen LogP contribution is -2.39. The van der Waals surface area contributed by atoms with Gasteiger partial charge in [-0.15, -0.1) is 0 Å². The van der Waals surface area contributed by atoms with Gasteiger partial charge in [0, 0.05) is 18.7 Å². The maximum atomic E-state index is 13.5. The fourth-order valence-corrected chi connectivity index (χ4v) is 2.92. The molecule has 0 aromatic heterocycles. The van der Waals surface area contributed by atoms with Crippen LogP contribution in [0.1, 0.15) is 13.3 Å². The number of rotatable bonds is 7. The number of hydrogen-bond donors (Lipinski definition) is 1. The fraction of sp³-hybridized carbons (Fsp3) is 0.300. The highest BCUT2D eigenvalue weighted by atomic mass is 19.1. The molecule has 2 amide bonds. The second kappa shape index (κ2) is 8.53. The van der Waals surface area contributed by atoms with Crippen molar-refractivity contribution in [3.8, 4) is 11.5 Å². The number of halogens is 1. The summed E-state index contributed by atoms with van der Waals surface area (Å²) < 4.78 is 24.1. The molecule has 1 fully saturated rings. The second-order valence-corrected chi connectivity index (χ2v) is 6.12. The highest BCUT2D eigenvalue weighted by Gasteiger charge is 2.31. The van der Waals surface area contributed by atoms with E-state index >= 15 is 0 Å². The minimum Gasteiger partial charge on any atom is -0.494 e. The number of nitrogens with one attached hydrogen (secondary N) is 1. The number of carbonyl (C=O) groups is 2. The second-order valence-electron chi connectivity index (χ2n) is 6.12. The smallest absolute Gasteiger partial charge is 0.258 e. The van der Waals surface area contributed by atoms with Crippen LogP contribution in [0.25, 0.3) is 0 Å². The van der Waals surface area contributed by atoms with E-state index in [0.717, 1.165) is 11.4 Å². The summed E-state index contributed by atoms with van der Waals surface area (Å²) in [7, 11) is 0. The Morgan fingerprint density at radius 2 is 1.93 bits per heavy atom. The van der Waals surface area contributed by atoms with Crippen LogP contribution >= 0.6 is 0 Å². The van der Waals surface area contributed by atoms with E-state index in [1.807, 2.05) is 19.1 Å². The van der Waals surface area contributed by atoms with Crippen LogP contribution in [0.2, 0.25) is 0 Å². The Bertz CT molecular complexity index is 810. The molecule has 0 aliphatic carbocycles. The van der Waals surface area contributed by atoms with Crippen LogP contribution in [0.15, 0.2) is 48.5 Å². The lowest BCUT2D eigenvalue weighted by atomic mass is 10.2. The maximum absolute atomic E-state index is 13.5. The average molecular weight is 372 g/mol. The zero-order chi connectivity index (χ0) is 19.2. The van der Waals surface area contributed by atoms with E-state index in [2.05, 4.69) is 5.32 Å². The van der Waals surface area contributed by atoms with Crippen LogP contribution in [0.4, 0.5) is 10.1 Å². The number of benzene rings is 2. The number of hydrogen-bond acceptors (Lipinski definition) is 4. The molecule has 1 aliphatic rings. The van der Waals surface area contributed by atoms with Gasteiger partial charge in [0.1, 0.15) is 5.75 Å². The van der Waals surface area contributed by atoms with Crippen molar-refractivity contribution < 1.29 is 23.5 Å². The molecule has 27 heavy (non-hydrogen) atoms. The van der Waals surface area contributed by atoms with Crippen LogP contribution in [0.5, 0.6) is 11.5 Å². The number of nitrogens with zero attached hydrogens (tertiary/aromatic N) is 1. The molecule has 0 saturated carbocycles. The SMILES string of the molecule is CCOc1ccc(N2C[C@@H](NC(=O)COc3ccccc3F)CC2=O)cc1. The van der Waals surface area contributed by atoms with Gasteiger partial charge in [-0.3, -0.25) is 9.59 Å². The third kappa shape index (κ3) is 4.75. The van der Waals surface area contributed by atoms with Gasteiger partial charge in [0.15, 0.2) is 18.2 Å². The number of ether oxygens (including phenoxy) is 2. The van der Waals surface area contributed by atoms with Crippen LogP contribution in [-0.2, 0) is 9.59 Å². The van der Waals surface area contributed by atoms with Crippen molar-refractivity contribution in [1.82, 2.24) is 5.32 Å². The molecular weight excluding hydrogens is 351 g/mol. The van der Waals surface area contributed by atoms with Crippen LogP contribution in [0, 0.1) is 5.82 Å². The summed E-state index contributed by atoms with van der Waals surface area (Å²) >= 11 is 0. The van der Waals surface area contributed by atoms with Crippen molar-refractivity contribution in [3.05, 3.63) is 54.3 Å². The lowest BCUT2D eigenvalue weighted by molar-refractivity contribution is -0.123. The van der Waals surface area contributed by atoms with Gasteiger partial charge < -0.3 is 19.7 Å². The molecule has 3 rings (SSSR count). The Hall–Kier alpha value is -3.09. The van der Waals surface area contributed by atoms with Gasteiger partial charge >= 0.3 is 0 Å². The molecular formula is C20H21FN2O4. The highest BCUT2D eigenvalue weighted by Crippen LogP contribution is 2.24. The Balaban J connectivity index is 1.52. The van der Waals surface area contributed by atoms with Crippen molar-refractivity contribution in [1.29, 1.82) is 0 Å². The zero-order valence-corrected chi connectivity index (χ0v) is 15.0. The van der Waals surface area contributed by atoms with Gasteiger partial charge in [-0.1, -0.05) is 12.1 Å². The van der Waals surface area contributed by atoms with Crippen molar-refractivity contribution in [2.45, 2.75) is 19.4 Å². The Kier molecular flexibility index (Phi) is 5.90. The lowest BCUT2D eigenvalue weighted by Gasteiger charge is -2.18. The Morgan fingerprint density at radius 3 is 2.63 bits per heavy atom. The summed E-state index contributed by atoms with van der Waals surface area (Å²) in [6, 6.07) is 12.8. The highest BCUT2D eigenvalue weighted by molar-refractivity contribution is 5.97. The molecule has 6 nitrogen and oxygen atoms in total. The summed E-state index contributed by atoms with van der Waals surface area (Å²) in [5, 5.41) is 2.76. The average Bonchev–Trinajstić information content (AvgIpc) is 3.02. The number of anilines is 1. The fourth-order valence-electron chi connectivity index (χ4n) is 2.92. The maximum Gasteiger partial charge on any atom is 0.258 e. The van der Waals surface area contributed by atoms with Crippen LogP contribution in [0.3, 0.4) is 0 Å². The molecule has 1 N–H and O–H groups in total. The van der Waals surface area contributed by atoms with Crippen molar-refractivity contribution in [2.75, 3.05) is 24.7 Å². The summed E-state index contributed by atoms with van der Waals surface area (Å²) in [6.07, 6.45) is 0.207. The molecule has 2 aromatic carbocycles. The zero-order valence-electron chi connectivity index (χ0n) is 15.0. The molecule has 1 saturated heterocycles. The molecule has 1 aliphatic heterocycles. The predicted octanol–water partition coefficient (Wildman–Crippen LogP) is 2.52. The molecule has 2 aromatic rings. The van der Waals surface area contributed by atoms with E-state index in [0.29, 0.717) is 13.2 Å². The van der Waals surface area contributed by atoms with Crippen LogP contribution < -0.4 is 19.7 Å². The summed E-state index contributed by atoms with van der Waals surface area (Å²) in [5.41, 5.74) is 0.753. The number of para-hydroxylation sites is 1. The minimum atomic E-state index is -0.525. The summed E-state index contributed by atoms with van der Waals surface area (Å²) in [4.78, 5) is 25.9. The Morgan fingerprint density at radius 1 is 1.19 bits per heavy atom. The molecule has 142 valence electrons. The van der Waals surface area contributed by atoms with Gasteiger partial charge in [-0.2, -0.15) is 0 Å². The molecule has 1 atom stereocenters. The molecule has 0 radical (unpaired) electrons. The topological polar surface area (TPSA) is 67.9 Å². The van der Waals surface area contributed by atoms with Gasteiger partial charge in [0.05, 0.1) is 12.6 Å². The first-order valence-electron chi connectivity index (χ1n) is 8.76. The van der Waals surface area contributed by atoms with Crippen molar-refractivity contribution >= 4 is 17.5 Å². The first-order chi connectivity index (χ1) is 13.1. The van der Waals surface area contributed by atoms with Gasteiger partial charge in [0.25, 0.3) is 5.91 Å². The standard InChI is InChI=1S/C20H21FN2O4/c1-2-26-16-9-7-15(8-10-16)23-12-14(11-20(23)25)22-19(24)13-27-18-6-4-3-5-17(18)21/h3-10,14H,2,11-13H2,1H3,(H,22,24)/t14-/m0/s1. The van der Waals surface area contributed by atoms with Crippen molar-refractivity contribution in [2.24, 2.45) is 0 Å². The number of carbonyl (C=O) groups excluding carboxylic acids is 2. The van der Waals surface area contributed by atoms with E-state index in [9.17, 15) is 14.0 Å². The first-order valence-corrected chi connectivity index (χ1v) is 8.76. The van der Waals surface area contributed by atoms with E-state index in [1.54, 1.807) is 29.2 Å². The molecule has 0 unspecified atom stereocenters. The van der Waals surface area contributed by atoms with Crippen LogP contribution in [-0.4, -0.2) is 37.6 Å². The third-order valence-corrected chi connectivity index (χ3v) is 4.14. The third-order valence-electron chi connectivity index (χ3n) is 4.14.